The number of nitrogens with zero attached hydrogens (tertiary/aromatic N) is 1. The van der Waals surface area contributed by atoms with Crippen LogP contribution in [0.1, 0.15) is 0 Å². The van der Waals surface area contributed by atoms with Gasteiger partial charge in [0.25, 0.3) is 10.0 Å². The van der Waals surface area contributed by atoms with Crippen LogP contribution in [0.2, 0.25) is 10.0 Å². The van der Waals surface area contributed by atoms with Crippen LogP contribution in [0.4, 0.5) is 10.1 Å². The zero-order valence-electron chi connectivity index (χ0n) is 10.8. The van der Waals surface area contributed by atoms with Gasteiger partial charge in [-0.05, 0) is 24.3 Å². The molecular formula is C13H8Cl2FN3O2S. The van der Waals surface area contributed by atoms with Crippen molar-refractivity contribution in [2.45, 2.75) is 4.90 Å². The Kier molecular flexibility index (Phi) is 3.72. The van der Waals surface area contributed by atoms with Crippen molar-refractivity contribution < 1.29 is 12.8 Å². The maximum Gasteiger partial charge on any atom is 0.263 e. The molecule has 0 saturated carbocycles. The Bertz CT molecular complexity index is 973. The lowest BCUT2D eigenvalue weighted by Gasteiger charge is -2.10. The van der Waals surface area contributed by atoms with Gasteiger partial charge in [-0.1, -0.05) is 29.3 Å². The summed E-state index contributed by atoms with van der Waals surface area (Å²) in [4.78, 5) is -0.188. The van der Waals surface area contributed by atoms with Gasteiger partial charge in [0.05, 0.1) is 32.8 Å². The lowest BCUT2D eigenvalue weighted by Crippen LogP contribution is -2.13. The number of benzene rings is 2. The van der Waals surface area contributed by atoms with Gasteiger partial charge in [-0.3, -0.25) is 9.82 Å². The topological polar surface area (TPSA) is 74.8 Å². The summed E-state index contributed by atoms with van der Waals surface area (Å²) in [5.41, 5.74) is 0.417. The van der Waals surface area contributed by atoms with E-state index < -0.39 is 15.8 Å². The normalized spacial score (nSPS) is 11.8. The number of halogens is 3. The standard InChI is InChI=1S/C13H8Cl2FN3O2S/c14-9-2-1-3-12(13(9)15)22(20,21)19-7-4-10(16)8-6-17-18-11(8)5-7/h1-6,19H,(H,17,18). The summed E-state index contributed by atoms with van der Waals surface area (Å²) in [7, 11) is -4.00. The van der Waals surface area contributed by atoms with Gasteiger partial charge >= 0.3 is 0 Å². The van der Waals surface area contributed by atoms with Crippen LogP contribution in [0.5, 0.6) is 0 Å². The van der Waals surface area contributed by atoms with Crippen LogP contribution >= 0.6 is 23.2 Å². The van der Waals surface area contributed by atoms with Gasteiger partial charge in [0, 0.05) is 0 Å². The largest absolute Gasteiger partial charge is 0.279 e. The molecule has 22 heavy (non-hydrogen) atoms. The van der Waals surface area contributed by atoms with E-state index in [1.165, 1.54) is 30.5 Å². The van der Waals surface area contributed by atoms with Crippen LogP contribution in [0.15, 0.2) is 41.4 Å². The number of H-pyrrole nitrogens is 1. The maximum atomic E-state index is 13.9. The van der Waals surface area contributed by atoms with Crippen LogP contribution < -0.4 is 4.72 Å². The number of hydrogen-bond acceptors (Lipinski definition) is 3. The van der Waals surface area contributed by atoms with Crippen molar-refractivity contribution in [3.05, 3.63) is 52.4 Å². The molecule has 9 heteroatoms. The second-order valence-electron chi connectivity index (χ2n) is 4.45. The fourth-order valence-electron chi connectivity index (χ4n) is 1.97. The molecule has 2 aromatic carbocycles. The third kappa shape index (κ3) is 2.63. The Morgan fingerprint density at radius 2 is 2.00 bits per heavy atom. The Hall–Kier alpha value is -1.83. The van der Waals surface area contributed by atoms with Gasteiger partial charge in [0.2, 0.25) is 0 Å². The Morgan fingerprint density at radius 1 is 1.23 bits per heavy atom. The predicted molar refractivity (Wildman–Crippen MR) is 83.3 cm³/mol. The first-order valence-corrected chi connectivity index (χ1v) is 8.22. The molecule has 3 rings (SSSR count). The summed E-state index contributed by atoms with van der Waals surface area (Å²) in [5, 5.41) is 6.56. The van der Waals surface area contributed by atoms with E-state index in [4.69, 9.17) is 23.2 Å². The number of aromatic nitrogens is 2. The summed E-state index contributed by atoms with van der Waals surface area (Å²) in [6.07, 6.45) is 1.32. The van der Waals surface area contributed by atoms with Crippen LogP contribution in [0.25, 0.3) is 10.9 Å². The number of nitrogens with one attached hydrogen (secondary N) is 2. The summed E-state index contributed by atoms with van der Waals surface area (Å²) in [6.45, 7) is 0. The van der Waals surface area contributed by atoms with Crippen LogP contribution in [0.3, 0.4) is 0 Å². The predicted octanol–water partition coefficient (Wildman–Crippen LogP) is 3.81. The zero-order chi connectivity index (χ0) is 15.9. The highest BCUT2D eigenvalue weighted by Gasteiger charge is 2.20. The van der Waals surface area contributed by atoms with Gasteiger partial charge in [-0.2, -0.15) is 5.10 Å². The molecule has 2 N–H and O–H groups in total. The third-order valence-corrected chi connectivity index (χ3v) is 5.32. The number of anilines is 1. The third-order valence-electron chi connectivity index (χ3n) is 2.97. The molecular weight excluding hydrogens is 352 g/mol. The van der Waals surface area contributed by atoms with E-state index in [9.17, 15) is 12.8 Å². The van der Waals surface area contributed by atoms with Crippen molar-refractivity contribution in [2.24, 2.45) is 0 Å². The Labute approximate surface area is 135 Å². The molecule has 0 aliphatic carbocycles. The molecule has 0 amide bonds. The second-order valence-corrected chi connectivity index (χ2v) is 6.88. The van der Waals surface area contributed by atoms with Crippen molar-refractivity contribution in [1.82, 2.24) is 10.2 Å². The van der Waals surface area contributed by atoms with Crippen LogP contribution in [-0.2, 0) is 10.0 Å². The number of fused-ring (bicyclic) bond motifs is 1. The number of hydrogen-bond donors (Lipinski definition) is 2. The molecule has 1 heterocycles. The molecule has 0 bridgehead atoms. The average Bonchev–Trinajstić information content (AvgIpc) is 2.90. The number of sulfonamides is 1. The minimum absolute atomic E-state index is 0.0466. The lowest BCUT2D eigenvalue weighted by molar-refractivity contribution is 0.601. The molecule has 0 atom stereocenters. The SMILES string of the molecule is O=S(=O)(Nc1cc(F)c2cn[nH]c2c1)c1cccc(Cl)c1Cl. The lowest BCUT2D eigenvalue weighted by atomic mass is 10.2. The summed E-state index contributed by atoms with van der Waals surface area (Å²) >= 11 is 11.7. The summed E-state index contributed by atoms with van der Waals surface area (Å²) in [5.74, 6) is -0.596. The highest BCUT2D eigenvalue weighted by molar-refractivity contribution is 7.92. The monoisotopic (exact) mass is 359 g/mol. The van der Waals surface area contributed by atoms with E-state index in [0.717, 1.165) is 6.07 Å². The molecule has 0 fully saturated rings. The van der Waals surface area contributed by atoms with Crippen molar-refractivity contribution in [3.8, 4) is 0 Å². The first-order valence-electron chi connectivity index (χ1n) is 5.98. The fourth-order valence-corrected chi connectivity index (χ4v) is 3.77. The van der Waals surface area contributed by atoms with Gasteiger partial charge in [-0.25, -0.2) is 12.8 Å². The van der Waals surface area contributed by atoms with Gasteiger partial charge in [0.1, 0.15) is 10.7 Å². The van der Waals surface area contributed by atoms with Crippen molar-refractivity contribution >= 4 is 49.8 Å². The molecule has 114 valence electrons. The van der Waals surface area contributed by atoms with E-state index in [1.54, 1.807) is 0 Å². The van der Waals surface area contributed by atoms with E-state index in [0.29, 0.717) is 5.52 Å². The smallest absolute Gasteiger partial charge is 0.263 e. The summed E-state index contributed by atoms with van der Waals surface area (Å²) in [6, 6.07) is 6.73. The highest BCUT2D eigenvalue weighted by atomic mass is 35.5. The molecule has 0 radical (unpaired) electrons. The van der Waals surface area contributed by atoms with Gasteiger partial charge in [0.15, 0.2) is 0 Å². The maximum absolute atomic E-state index is 13.9. The molecule has 1 aromatic heterocycles. The summed E-state index contributed by atoms with van der Waals surface area (Å²) < 4.78 is 40.8. The highest BCUT2D eigenvalue weighted by Crippen LogP contribution is 2.30. The minimum Gasteiger partial charge on any atom is -0.279 e. The van der Waals surface area contributed by atoms with Crippen molar-refractivity contribution in [1.29, 1.82) is 0 Å². The minimum atomic E-state index is -4.00. The van der Waals surface area contributed by atoms with E-state index in [1.807, 2.05) is 0 Å². The molecule has 3 aromatic rings. The molecule has 0 spiro atoms. The Morgan fingerprint density at radius 3 is 2.77 bits per heavy atom. The van der Waals surface area contributed by atoms with Crippen molar-refractivity contribution in [3.63, 3.8) is 0 Å². The first-order chi connectivity index (χ1) is 10.4. The van der Waals surface area contributed by atoms with E-state index in [2.05, 4.69) is 14.9 Å². The Balaban J connectivity index is 2.04. The van der Waals surface area contributed by atoms with Gasteiger partial charge in [-0.15, -0.1) is 0 Å². The molecule has 0 unspecified atom stereocenters. The second kappa shape index (κ2) is 5.42. The number of rotatable bonds is 3. The molecule has 5 nitrogen and oxygen atoms in total. The van der Waals surface area contributed by atoms with E-state index >= 15 is 0 Å². The molecule has 0 saturated heterocycles. The number of aromatic amines is 1. The van der Waals surface area contributed by atoms with Crippen LogP contribution in [-0.4, -0.2) is 18.6 Å². The van der Waals surface area contributed by atoms with Crippen molar-refractivity contribution in [2.75, 3.05) is 4.72 Å². The average molecular weight is 360 g/mol. The quantitative estimate of drug-likeness (QED) is 0.746. The van der Waals surface area contributed by atoms with Crippen LogP contribution in [0, 0.1) is 5.82 Å². The van der Waals surface area contributed by atoms with E-state index in [-0.39, 0.29) is 26.0 Å². The molecule has 0 aliphatic rings. The molecule has 0 aliphatic heterocycles. The fraction of sp³-hybridized carbons (Fsp3) is 0. The zero-order valence-corrected chi connectivity index (χ0v) is 13.1. The first kappa shape index (κ1) is 15.1. The van der Waals surface area contributed by atoms with Gasteiger partial charge < -0.3 is 0 Å².